The summed E-state index contributed by atoms with van der Waals surface area (Å²) < 4.78 is 68.4. The molecule has 138 valence electrons. The van der Waals surface area contributed by atoms with E-state index >= 15 is 0 Å². The standard InChI is InChI=1S/C14H19F3N2O3S.ClH/c1-9(18)10-3-2-6-19(8-10)23(20,21)11-4-5-13(12(15)7-11)22-14(16)17;/h4-5,7,9-10,14H,2-3,6,8,18H2,1H3;1H. The zero-order valence-corrected chi connectivity index (χ0v) is 14.6. The van der Waals surface area contributed by atoms with Crippen LogP contribution in [0.3, 0.4) is 0 Å². The Morgan fingerprint density at radius 2 is 2.04 bits per heavy atom. The normalized spacial score (nSPS) is 20.5. The van der Waals surface area contributed by atoms with Gasteiger partial charge in [0.05, 0.1) is 4.90 Å². The van der Waals surface area contributed by atoms with Gasteiger partial charge in [0.15, 0.2) is 11.6 Å². The Labute approximate surface area is 145 Å². The lowest BCUT2D eigenvalue weighted by molar-refractivity contribution is -0.0522. The van der Waals surface area contributed by atoms with Gasteiger partial charge in [-0.25, -0.2) is 12.8 Å². The largest absolute Gasteiger partial charge is 0.432 e. The molecule has 2 unspecified atom stereocenters. The van der Waals surface area contributed by atoms with Gasteiger partial charge in [-0.05, 0) is 43.9 Å². The van der Waals surface area contributed by atoms with E-state index in [-0.39, 0.29) is 35.8 Å². The van der Waals surface area contributed by atoms with E-state index < -0.39 is 28.2 Å². The Morgan fingerprint density at radius 3 is 2.58 bits per heavy atom. The Bertz CT molecular complexity index is 659. The van der Waals surface area contributed by atoms with Crippen molar-refractivity contribution >= 4 is 22.4 Å². The van der Waals surface area contributed by atoms with Crippen molar-refractivity contribution < 1.29 is 26.3 Å². The van der Waals surface area contributed by atoms with Gasteiger partial charge in [-0.3, -0.25) is 0 Å². The van der Waals surface area contributed by atoms with Gasteiger partial charge in [0, 0.05) is 19.1 Å². The first-order valence-corrected chi connectivity index (χ1v) is 8.66. The molecule has 0 aromatic heterocycles. The molecule has 1 heterocycles. The highest BCUT2D eigenvalue weighted by atomic mass is 35.5. The topological polar surface area (TPSA) is 72.6 Å². The van der Waals surface area contributed by atoms with Crippen molar-refractivity contribution in [2.75, 3.05) is 13.1 Å². The lowest BCUT2D eigenvalue weighted by Gasteiger charge is -2.33. The Kier molecular flexibility index (Phi) is 7.33. The molecule has 2 atom stereocenters. The summed E-state index contributed by atoms with van der Waals surface area (Å²) in [6, 6.07) is 2.50. The van der Waals surface area contributed by atoms with E-state index in [4.69, 9.17) is 5.73 Å². The summed E-state index contributed by atoms with van der Waals surface area (Å²) in [6.45, 7) is -0.781. The Balaban J connectivity index is 0.00000288. The summed E-state index contributed by atoms with van der Waals surface area (Å²) in [5.41, 5.74) is 5.83. The maximum Gasteiger partial charge on any atom is 0.387 e. The smallest absolute Gasteiger partial charge is 0.387 e. The Morgan fingerprint density at radius 1 is 1.38 bits per heavy atom. The molecule has 2 N–H and O–H groups in total. The predicted octanol–water partition coefficient (Wildman–Crippen LogP) is 2.60. The first-order valence-electron chi connectivity index (χ1n) is 7.22. The van der Waals surface area contributed by atoms with E-state index in [0.29, 0.717) is 19.0 Å². The zero-order valence-electron chi connectivity index (χ0n) is 13.0. The maximum atomic E-state index is 13.8. The van der Waals surface area contributed by atoms with Crippen molar-refractivity contribution in [3.63, 3.8) is 0 Å². The van der Waals surface area contributed by atoms with Gasteiger partial charge in [-0.1, -0.05) is 0 Å². The molecule has 5 nitrogen and oxygen atoms in total. The molecule has 1 aromatic carbocycles. The van der Waals surface area contributed by atoms with Crippen molar-refractivity contribution in [2.45, 2.75) is 37.3 Å². The average Bonchev–Trinajstić information content (AvgIpc) is 2.49. The van der Waals surface area contributed by atoms with Crippen LogP contribution in [0.15, 0.2) is 23.1 Å². The minimum absolute atomic E-state index is 0. The predicted molar refractivity (Wildman–Crippen MR) is 85.4 cm³/mol. The first-order chi connectivity index (χ1) is 10.7. The minimum atomic E-state index is -3.90. The minimum Gasteiger partial charge on any atom is -0.432 e. The van der Waals surface area contributed by atoms with Gasteiger partial charge in [0.1, 0.15) is 0 Å². The van der Waals surface area contributed by atoms with Crippen LogP contribution in [0, 0.1) is 11.7 Å². The SMILES string of the molecule is CC(N)C1CCCN(S(=O)(=O)c2ccc(OC(F)F)c(F)c2)C1.Cl. The van der Waals surface area contributed by atoms with Crippen LogP contribution in [0.5, 0.6) is 5.75 Å². The van der Waals surface area contributed by atoms with Crippen LogP contribution in [-0.2, 0) is 10.0 Å². The van der Waals surface area contributed by atoms with Crippen molar-refractivity contribution in [2.24, 2.45) is 11.7 Å². The maximum absolute atomic E-state index is 13.8. The van der Waals surface area contributed by atoms with Gasteiger partial charge in [0.25, 0.3) is 0 Å². The van der Waals surface area contributed by atoms with E-state index in [1.54, 1.807) is 0 Å². The fraction of sp³-hybridized carbons (Fsp3) is 0.571. The molecular weight excluding hydrogens is 369 g/mol. The van der Waals surface area contributed by atoms with Crippen LogP contribution < -0.4 is 10.5 Å². The summed E-state index contributed by atoms with van der Waals surface area (Å²) in [7, 11) is -3.90. The lowest BCUT2D eigenvalue weighted by atomic mass is 9.93. The number of rotatable bonds is 5. The van der Waals surface area contributed by atoms with E-state index in [9.17, 15) is 21.6 Å². The van der Waals surface area contributed by atoms with Gasteiger partial charge >= 0.3 is 6.61 Å². The van der Waals surface area contributed by atoms with Gasteiger partial charge in [-0.2, -0.15) is 13.1 Å². The van der Waals surface area contributed by atoms with Crippen molar-refractivity contribution in [1.29, 1.82) is 0 Å². The van der Waals surface area contributed by atoms with Crippen LogP contribution in [0.4, 0.5) is 13.2 Å². The highest BCUT2D eigenvalue weighted by Gasteiger charge is 2.32. The molecule has 1 aliphatic heterocycles. The summed E-state index contributed by atoms with van der Waals surface area (Å²) in [6.07, 6.45) is 1.50. The number of nitrogens with zero attached hydrogens (tertiary/aromatic N) is 1. The molecule has 0 aliphatic carbocycles. The number of hydrogen-bond donors (Lipinski definition) is 1. The number of piperidine rings is 1. The second kappa shape index (κ2) is 8.37. The number of hydrogen-bond acceptors (Lipinski definition) is 4. The van der Waals surface area contributed by atoms with Gasteiger partial charge in [0.2, 0.25) is 10.0 Å². The second-order valence-electron chi connectivity index (χ2n) is 5.60. The second-order valence-corrected chi connectivity index (χ2v) is 7.53. The number of halogens is 4. The zero-order chi connectivity index (χ0) is 17.2. The summed E-state index contributed by atoms with van der Waals surface area (Å²) in [5.74, 6) is -1.80. The van der Waals surface area contributed by atoms with Crippen LogP contribution in [0.25, 0.3) is 0 Å². The molecule has 2 rings (SSSR count). The molecule has 1 aliphatic rings. The van der Waals surface area contributed by atoms with Crippen molar-refractivity contribution in [3.8, 4) is 5.75 Å². The Hall–Kier alpha value is -1.03. The van der Waals surface area contributed by atoms with Crippen LogP contribution in [0.1, 0.15) is 19.8 Å². The highest BCUT2D eigenvalue weighted by Crippen LogP contribution is 2.28. The molecule has 0 saturated carbocycles. The lowest BCUT2D eigenvalue weighted by Crippen LogP contribution is -2.44. The summed E-state index contributed by atoms with van der Waals surface area (Å²) >= 11 is 0. The molecule has 24 heavy (non-hydrogen) atoms. The number of alkyl halides is 2. The average molecular weight is 389 g/mol. The monoisotopic (exact) mass is 388 g/mol. The number of benzene rings is 1. The highest BCUT2D eigenvalue weighted by molar-refractivity contribution is 7.89. The van der Waals surface area contributed by atoms with Gasteiger partial charge < -0.3 is 10.5 Å². The number of nitrogens with two attached hydrogens (primary N) is 1. The molecule has 0 amide bonds. The first kappa shape index (κ1) is 21.0. The van der Waals surface area contributed by atoms with E-state index in [2.05, 4.69) is 4.74 Å². The summed E-state index contributed by atoms with van der Waals surface area (Å²) in [4.78, 5) is -0.290. The molecule has 0 bridgehead atoms. The fourth-order valence-electron chi connectivity index (χ4n) is 2.60. The van der Waals surface area contributed by atoms with Crippen LogP contribution >= 0.6 is 12.4 Å². The van der Waals surface area contributed by atoms with E-state index in [1.807, 2.05) is 6.92 Å². The molecule has 10 heteroatoms. The van der Waals surface area contributed by atoms with Crippen molar-refractivity contribution in [1.82, 2.24) is 4.31 Å². The fourth-order valence-corrected chi connectivity index (χ4v) is 4.15. The van der Waals surface area contributed by atoms with Crippen LogP contribution in [-0.4, -0.2) is 38.5 Å². The molecular formula is C14H20ClF3N2O3S. The molecule has 0 spiro atoms. The summed E-state index contributed by atoms with van der Waals surface area (Å²) in [5, 5.41) is 0. The number of ether oxygens (including phenoxy) is 1. The van der Waals surface area contributed by atoms with Crippen LogP contribution in [0.2, 0.25) is 0 Å². The third-order valence-electron chi connectivity index (χ3n) is 3.92. The number of sulfonamides is 1. The van der Waals surface area contributed by atoms with E-state index in [0.717, 1.165) is 18.6 Å². The third-order valence-corrected chi connectivity index (χ3v) is 5.78. The molecule has 1 saturated heterocycles. The van der Waals surface area contributed by atoms with Gasteiger partial charge in [-0.15, -0.1) is 12.4 Å². The van der Waals surface area contributed by atoms with E-state index in [1.165, 1.54) is 4.31 Å². The quantitative estimate of drug-likeness (QED) is 0.841. The molecule has 1 fully saturated rings. The molecule has 1 aromatic rings. The third kappa shape index (κ3) is 4.75. The van der Waals surface area contributed by atoms with Crippen molar-refractivity contribution in [3.05, 3.63) is 24.0 Å². The molecule has 0 radical (unpaired) electrons.